The van der Waals surface area contributed by atoms with Gasteiger partial charge in [-0.25, -0.2) is 4.98 Å². The molecular weight excluding hydrogens is 525 g/mol. The molecule has 0 aliphatic carbocycles. The van der Waals surface area contributed by atoms with Gasteiger partial charge in [-0.15, -0.1) is 0 Å². The molecule has 1 saturated heterocycles. The van der Waals surface area contributed by atoms with Crippen LogP contribution < -0.4 is 25.4 Å². The second-order valence-corrected chi connectivity index (χ2v) is 13.7. The molecule has 1 atom stereocenters. The van der Waals surface area contributed by atoms with Crippen molar-refractivity contribution in [2.24, 2.45) is 0 Å². The van der Waals surface area contributed by atoms with Gasteiger partial charge in [-0.2, -0.15) is 4.98 Å². The summed E-state index contributed by atoms with van der Waals surface area (Å²) in [7, 11) is 1.10. The van der Waals surface area contributed by atoms with Gasteiger partial charge in [0.05, 0.1) is 37.9 Å². The number of nitrogens with zero attached hydrogens (tertiary/aromatic N) is 3. The molecule has 1 fully saturated rings. The van der Waals surface area contributed by atoms with E-state index in [1.54, 1.807) is 20.4 Å². The topological polar surface area (TPSA) is 97.8 Å². The van der Waals surface area contributed by atoms with Crippen molar-refractivity contribution in [1.29, 1.82) is 0 Å². The summed E-state index contributed by atoms with van der Waals surface area (Å²) in [6.45, 7) is 6.59. The maximum Gasteiger partial charge on any atom is 0.229 e. The van der Waals surface area contributed by atoms with Crippen LogP contribution in [0.1, 0.15) is 17.5 Å². The smallest absolute Gasteiger partial charge is 0.229 e. The molecule has 1 aromatic heterocycles. The van der Waals surface area contributed by atoms with Crippen LogP contribution in [0.3, 0.4) is 0 Å². The molecular formula is C27H33ClN5O4P. The Hall–Kier alpha value is -2.84. The zero-order valence-corrected chi connectivity index (χ0v) is 23.7. The number of fused-ring (bicyclic) bond motifs is 1. The lowest BCUT2D eigenvalue weighted by Crippen LogP contribution is -2.26. The van der Waals surface area contributed by atoms with E-state index in [0.717, 1.165) is 37.4 Å². The maximum atomic E-state index is 13.2. The van der Waals surface area contributed by atoms with E-state index < -0.39 is 7.14 Å². The Morgan fingerprint density at radius 1 is 1.16 bits per heavy atom. The molecule has 38 heavy (non-hydrogen) atoms. The summed E-state index contributed by atoms with van der Waals surface area (Å²) in [5.41, 5.74) is 3.95. The Kier molecular flexibility index (Phi) is 7.82. The third-order valence-corrected chi connectivity index (χ3v) is 8.52. The molecule has 2 N–H and O–H groups in total. The predicted octanol–water partition coefficient (Wildman–Crippen LogP) is 5.03. The van der Waals surface area contributed by atoms with Gasteiger partial charge < -0.3 is 34.3 Å². The minimum Gasteiger partial charge on any atom is -0.495 e. The van der Waals surface area contributed by atoms with Crippen molar-refractivity contribution in [2.75, 3.05) is 57.9 Å². The molecule has 0 saturated carbocycles. The van der Waals surface area contributed by atoms with E-state index >= 15 is 0 Å². The first-order chi connectivity index (χ1) is 18.2. The van der Waals surface area contributed by atoms with Crippen LogP contribution in [0.25, 0.3) is 0 Å². The summed E-state index contributed by atoms with van der Waals surface area (Å²) in [5.74, 6) is 2.14. The average molecular weight is 558 g/mol. The summed E-state index contributed by atoms with van der Waals surface area (Å²) in [5, 5.41) is 7.54. The Morgan fingerprint density at radius 2 is 2.00 bits per heavy atom. The number of rotatable bonds is 8. The second-order valence-electron chi connectivity index (χ2n) is 10.1. The first-order valence-electron chi connectivity index (χ1n) is 12.6. The van der Waals surface area contributed by atoms with Crippen LogP contribution in [0, 0.1) is 0 Å². The molecule has 2 aliphatic rings. The molecule has 11 heteroatoms. The number of halogens is 1. The van der Waals surface area contributed by atoms with Crippen molar-refractivity contribution in [1.82, 2.24) is 14.9 Å². The normalized spacial score (nSPS) is 17.7. The quantitative estimate of drug-likeness (QED) is 0.370. The van der Waals surface area contributed by atoms with Crippen LogP contribution >= 0.6 is 18.7 Å². The number of likely N-dealkylation sites (N-methyl/N-ethyl adjacent to an activating group) is 1. The van der Waals surface area contributed by atoms with Gasteiger partial charge in [0, 0.05) is 24.8 Å². The SMILES string of the molecule is COc1cc2c(cc1Nc1ncc(Cl)c(Nc3ccc(O[C@@H]4CCOC4)cc3P(C)(C)=O)n1)CN(C)CC2. The summed E-state index contributed by atoms with van der Waals surface area (Å²) >= 11 is 6.48. The van der Waals surface area contributed by atoms with Crippen molar-refractivity contribution in [3.05, 3.63) is 52.7 Å². The van der Waals surface area contributed by atoms with E-state index in [9.17, 15) is 4.57 Å². The Balaban J connectivity index is 1.41. The maximum absolute atomic E-state index is 13.2. The molecule has 0 amide bonds. The lowest BCUT2D eigenvalue weighted by atomic mass is 9.99. The highest BCUT2D eigenvalue weighted by Gasteiger charge is 2.22. The lowest BCUT2D eigenvalue weighted by Gasteiger charge is -2.26. The van der Waals surface area contributed by atoms with Crippen molar-refractivity contribution < 1.29 is 18.8 Å². The lowest BCUT2D eigenvalue weighted by molar-refractivity contribution is 0.141. The van der Waals surface area contributed by atoms with Gasteiger partial charge in [0.1, 0.15) is 29.8 Å². The van der Waals surface area contributed by atoms with Crippen LogP contribution in [0.15, 0.2) is 36.5 Å². The number of anilines is 4. The highest BCUT2D eigenvalue weighted by Crippen LogP contribution is 2.40. The number of nitrogens with one attached hydrogen (secondary N) is 2. The number of aromatic nitrogens is 2. The molecule has 3 aromatic rings. The Morgan fingerprint density at radius 3 is 2.74 bits per heavy atom. The standard InChI is InChI=1S/C27H33ClN5O4P/c1-33-9-7-17-12-24(35-2)23(11-18(17)15-33)31-27-29-14-21(28)26(32-27)30-22-6-5-19(13-25(22)38(3,4)34)37-20-8-10-36-16-20/h5-6,11-14,20H,7-10,15-16H2,1-4H3,(H2,29,30,31,32)/t20-/m1/s1. The highest BCUT2D eigenvalue weighted by atomic mass is 35.5. The molecule has 5 rings (SSSR count). The third-order valence-electron chi connectivity index (χ3n) is 6.71. The van der Waals surface area contributed by atoms with E-state index in [0.29, 0.717) is 46.7 Å². The van der Waals surface area contributed by atoms with Gasteiger partial charge in [-0.05, 0) is 68.3 Å². The first kappa shape index (κ1) is 26.8. The van der Waals surface area contributed by atoms with Crippen molar-refractivity contribution in [3.8, 4) is 11.5 Å². The Bertz CT molecular complexity index is 1380. The molecule has 0 spiro atoms. The summed E-state index contributed by atoms with van der Waals surface area (Å²) in [6.07, 6.45) is 3.35. The minimum absolute atomic E-state index is 0.000632. The first-order valence-corrected chi connectivity index (χ1v) is 15.6. The zero-order valence-electron chi connectivity index (χ0n) is 22.1. The van der Waals surface area contributed by atoms with Crippen LogP contribution in [0.5, 0.6) is 11.5 Å². The number of methoxy groups -OCH3 is 1. The monoisotopic (exact) mass is 557 g/mol. The van der Waals surface area contributed by atoms with Crippen molar-refractivity contribution >= 4 is 47.2 Å². The number of ether oxygens (including phenoxy) is 3. The van der Waals surface area contributed by atoms with Crippen LogP contribution in [-0.2, 0) is 22.3 Å². The van der Waals surface area contributed by atoms with E-state index in [-0.39, 0.29) is 6.10 Å². The van der Waals surface area contributed by atoms with E-state index in [4.69, 9.17) is 25.8 Å². The Labute approximate surface area is 228 Å². The van der Waals surface area contributed by atoms with Gasteiger partial charge in [0.25, 0.3) is 0 Å². The van der Waals surface area contributed by atoms with Crippen molar-refractivity contribution in [2.45, 2.75) is 25.5 Å². The van der Waals surface area contributed by atoms with Crippen LogP contribution in [0.2, 0.25) is 5.02 Å². The summed E-state index contributed by atoms with van der Waals surface area (Å²) in [6, 6.07) is 9.68. The fourth-order valence-electron chi connectivity index (χ4n) is 4.69. The van der Waals surface area contributed by atoms with E-state index in [1.165, 1.54) is 17.3 Å². The predicted molar refractivity (Wildman–Crippen MR) is 152 cm³/mol. The average Bonchev–Trinajstić information content (AvgIpc) is 3.39. The van der Waals surface area contributed by atoms with Crippen LogP contribution in [-0.4, -0.2) is 68.2 Å². The second kappa shape index (κ2) is 11.1. The number of benzene rings is 2. The fraction of sp³-hybridized carbons (Fsp3) is 0.407. The van der Waals surface area contributed by atoms with E-state index in [2.05, 4.69) is 44.7 Å². The van der Waals surface area contributed by atoms with E-state index in [1.807, 2.05) is 18.2 Å². The summed E-state index contributed by atoms with van der Waals surface area (Å²) < 4.78 is 30.3. The van der Waals surface area contributed by atoms with Crippen molar-refractivity contribution in [3.63, 3.8) is 0 Å². The highest BCUT2D eigenvalue weighted by molar-refractivity contribution is 7.70. The van der Waals surface area contributed by atoms with Gasteiger partial charge in [0.15, 0.2) is 5.82 Å². The van der Waals surface area contributed by atoms with Crippen LogP contribution in [0.4, 0.5) is 23.1 Å². The molecule has 2 aromatic carbocycles. The third kappa shape index (κ3) is 6.07. The molecule has 0 radical (unpaired) electrons. The molecule has 0 bridgehead atoms. The number of hydrogen-bond donors (Lipinski definition) is 2. The molecule has 9 nitrogen and oxygen atoms in total. The largest absolute Gasteiger partial charge is 0.495 e. The van der Waals surface area contributed by atoms with Gasteiger partial charge in [-0.1, -0.05) is 11.6 Å². The zero-order chi connectivity index (χ0) is 26.9. The van der Waals surface area contributed by atoms with Gasteiger partial charge >= 0.3 is 0 Å². The minimum atomic E-state index is -2.67. The molecule has 202 valence electrons. The molecule has 2 aliphatic heterocycles. The molecule has 3 heterocycles. The van der Waals surface area contributed by atoms with Gasteiger partial charge in [0.2, 0.25) is 5.95 Å². The van der Waals surface area contributed by atoms with Gasteiger partial charge in [-0.3, -0.25) is 0 Å². The summed E-state index contributed by atoms with van der Waals surface area (Å²) in [4.78, 5) is 11.3. The fourth-order valence-corrected chi connectivity index (χ4v) is 5.98. The number of hydrogen-bond acceptors (Lipinski definition) is 9. The molecule has 0 unspecified atom stereocenters.